The Kier molecular flexibility index (Phi) is 3.45. The molecular weight excluding hydrogens is 202 g/mol. The maximum absolute atomic E-state index is 10.4. The average Bonchev–Trinajstić information content (AvgIpc) is 2.16. The third kappa shape index (κ3) is 2.22. The van der Waals surface area contributed by atoms with E-state index in [0.717, 1.165) is 0 Å². The average molecular weight is 211 g/mol. The van der Waals surface area contributed by atoms with E-state index in [1.54, 1.807) is 12.1 Å². The third-order valence-electron chi connectivity index (χ3n) is 1.69. The van der Waals surface area contributed by atoms with Crippen molar-refractivity contribution in [3.63, 3.8) is 0 Å². The van der Waals surface area contributed by atoms with Crippen molar-refractivity contribution in [1.29, 1.82) is 5.26 Å². The quantitative estimate of drug-likeness (QED) is 0.611. The fourth-order valence-electron chi connectivity index (χ4n) is 1.09. The topological polar surface area (TPSA) is 96.0 Å². The minimum atomic E-state index is -2.76. The lowest BCUT2D eigenvalue weighted by Gasteiger charge is -2.05. The molecule has 0 saturated heterocycles. The summed E-state index contributed by atoms with van der Waals surface area (Å²) in [6, 6.07) is 6.75. The maximum Gasteiger partial charge on any atom is 0.222 e. The molecule has 0 bridgehead atoms. The molecule has 74 valence electrons. The molecule has 0 spiro atoms. The summed E-state index contributed by atoms with van der Waals surface area (Å²) in [7, 11) is -2.76. The molecule has 0 radical (unpaired) electrons. The summed E-state index contributed by atoms with van der Waals surface area (Å²) in [6.07, 6.45) is 0. The van der Waals surface area contributed by atoms with E-state index in [4.69, 9.17) is 11.0 Å². The summed E-state index contributed by atoms with van der Waals surface area (Å²) in [6.45, 7) is 0.202. The van der Waals surface area contributed by atoms with Gasteiger partial charge >= 0.3 is 0 Å². The Morgan fingerprint density at radius 1 is 1.50 bits per heavy atom. The van der Waals surface area contributed by atoms with Crippen LogP contribution in [0.15, 0.2) is 18.2 Å². The highest BCUT2D eigenvalue weighted by atomic mass is 32.2. The smallest absolute Gasteiger partial charge is 0.222 e. The first-order chi connectivity index (χ1) is 6.69. The second-order valence-electron chi connectivity index (χ2n) is 2.52. The number of nitrogens with one attached hydrogen (secondary N) is 1. The molecule has 1 rings (SSSR count). The zero-order chi connectivity index (χ0) is 10.6. The summed E-state index contributed by atoms with van der Waals surface area (Å²) in [5.41, 5.74) is 6.56. The minimum Gasteiger partial charge on any atom is -0.326 e. The van der Waals surface area contributed by atoms with Gasteiger partial charge in [-0.1, -0.05) is 12.1 Å². The zero-order valence-corrected chi connectivity index (χ0v) is 8.12. The highest BCUT2D eigenvalue weighted by molar-refractivity contribution is 7.73. The van der Waals surface area contributed by atoms with Crippen LogP contribution in [0, 0.1) is 11.3 Å². The van der Waals surface area contributed by atoms with Crippen molar-refractivity contribution in [2.24, 2.45) is 5.73 Å². The number of hydrogen-bond acceptors (Lipinski definition) is 4. The van der Waals surface area contributed by atoms with Gasteiger partial charge in [-0.3, -0.25) is 4.72 Å². The monoisotopic (exact) mass is 211 g/mol. The molecule has 0 heterocycles. The standard InChI is InChI=1S/C8H9N3O2S/c9-4-6-2-1-3-8(7(6)5-10)11-14(12)13/h1-3,14H,4,9H2,(H,11,12,13). The van der Waals surface area contributed by atoms with E-state index in [1.807, 2.05) is 6.07 Å². The highest BCUT2D eigenvalue weighted by Crippen LogP contribution is 2.18. The van der Waals surface area contributed by atoms with Gasteiger partial charge in [-0.2, -0.15) is 5.26 Å². The Morgan fingerprint density at radius 2 is 2.21 bits per heavy atom. The van der Waals surface area contributed by atoms with Gasteiger partial charge in [0.1, 0.15) is 6.07 Å². The first-order valence-corrected chi connectivity index (χ1v) is 5.00. The van der Waals surface area contributed by atoms with Crippen molar-refractivity contribution in [2.45, 2.75) is 6.54 Å². The first-order valence-electron chi connectivity index (χ1n) is 3.82. The van der Waals surface area contributed by atoms with E-state index >= 15 is 0 Å². The van der Waals surface area contributed by atoms with Crippen molar-refractivity contribution in [2.75, 3.05) is 4.72 Å². The fourth-order valence-corrected chi connectivity index (χ4v) is 1.48. The lowest BCUT2D eigenvalue weighted by Crippen LogP contribution is -2.04. The van der Waals surface area contributed by atoms with Crippen LogP contribution in [0.4, 0.5) is 5.69 Å². The van der Waals surface area contributed by atoms with Gasteiger partial charge in [-0.15, -0.1) is 0 Å². The lowest BCUT2D eigenvalue weighted by atomic mass is 10.1. The van der Waals surface area contributed by atoms with E-state index < -0.39 is 10.9 Å². The Morgan fingerprint density at radius 3 is 2.71 bits per heavy atom. The predicted molar refractivity (Wildman–Crippen MR) is 53.0 cm³/mol. The van der Waals surface area contributed by atoms with E-state index in [9.17, 15) is 8.42 Å². The molecule has 0 fully saturated rings. The Balaban J connectivity index is 3.23. The number of thiol groups is 1. The van der Waals surface area contributed by atoms with Crippen LogP contribution in [0.3, 0.4) is 0 Å². The number of nitriles is 1. The molecule has 0 aliphatic carbocycles. The van der Waals surface area contributed by atoms with E-state index in [1.165, 1.54) is 6.07 Å². The van der Waals surface area contributed by atoms with Crippen molar-refractivity contribution in [3.8, 4) is 6.07 Å². The van der Waals surface area contributed by atoms with E-state index in [-0.39, 0.29) is 17.8 Å². The summed E-state index contributed by atoms with van der Waals surface area (Å²) in [5, 5.41) is 8.80. The number of benzene rings is 1. The van der Waals surface area contributed by atoms with Gasteiger partial charge in [0.15, 0.2) is 0 Å². The van der Waals surface area contributed by atoms with Crippen LogP contribution in [0.5, 0.6) is 0 Å². The summed E-state index contributed by atoms with van der Waals surface area (Å²) in [5.74, 6) is 0. The van der Waals surface area contributed by atoms with Crippen molar-refractivity contribution in [3.05, 3.63) is 29.3 Å². The van der Waals surface area contributed by atoms with Gasteiger partial charge in [0.25, 0.3) is 0 Å². The lowest BCUT2D eigenvalue weighted by molar-refractivity contribution is 0.619. The molecule has 1 aromatic carbocycles. The van der Waals surface area contributed by atoms with Crippen LogP contribution < -0.4 is 10.5 Å². The molecule has 0 aromatic heterocycles. The second kappa shape index (κ2) is 4.60. The summed E-state index contributed by atoms with van der Waals surface area (Å²) < 4.78 is 23.0. The summed E-state index contributed by atoms with van der Waals surface area (Å²) >= 11 is 0. The van der Waals surface area contributed by atoms with Crippen LogP contribution in [0.2, 0.25) is 0 Å². The molecule has 0 aliphatic heterocycles. The van der Waals surface area contributed by atoms with Gasteiger partial charge in [-0.25, -0.2) is 8.42 Å². The zero-order valence-electron chi connectivity index (χ0n) is 7.23. The number of rotatable bonds is 3. The minimum absolute atomic E-state index is 0.202. The van der Waals surface area contributed by atoms with Crippen LogP contribution in [0.1, 0.15) is 11.1 Å². The first kappa shape index (κ1) is 10.5. The third-order valence-corrected chi connectivity index (χ3v) is 2.12. The van der Waals surface area contributed by atoms with Gasteiger partial charge in [-0.05, 0) is 11.6 Å². The molecule has 0 saturated carbocycles. The number of nitrogens with two attached hydrogens (primary N) is 1. The molecule has 0 unspecified atom stereocenters. The van der Waals surface area contributed by atoms with Gasteiger partial charge in [0, 0.05) is 6.54 Å². The van der Waals surface area contributed by atoms with Crippen LogP contribution >= 0.6 is 0 Å². The normalized spacial score (nSPS) is 9.79. The largest absolute Gasteiger partial charge is 0.326 e. The fraction of sp³-hybridized carbons (Fsp3) is 0.125. The Hall–Kier alpha value is -1.58. The second-order valence-corrected chi connectivity index (χ2v) is 3.26. The van der Waals surface area contributed by atoms with Crippen molar-refractivity contribution < 1.29 is 8.42 Å². The highest BCUT2D eigenvalue weighted by Gasteiger charge is 2.06. The molecule has 0 amide bonds. The Labute approximate surface area is 83.2 Å². The van der Waals surface area contributed by atoms with Gasteiger partial charge in [0.2, 0.25) is 10.9 Å². The molecule has 14 heavy (non-hydrogen) atoms. The van der Waals surface area contributed by atoms with Crippen LogP contribution in [0.25, 0.3) is 0 Å². The van der Waals surface area contributed by atoms with E-state index in [2.05, 4.69) is 4.72 Å². The van der Waals surface area contributed by atoms with E-state index in [0.29, 0.717) is 5.56 Å². The van der Waals surface area contributed by atoms with Crippen molar-refractivity contribution >= 4 is 16.6 Å². The van der Waals surface area contributed by atoms with Crippen molar-refractivity contribution in [1.82, 2.24) is 0 Å². The number of nitrogens with zero attached hydrogens (tertiary/aromatic N) is 1. The molecule has 6 heteroatoms. The van der Waals surface area contributed by atoms with Crippen LogP contribution in [-0.4, -0.2) is 8.42 Å². The molecule has 3 N–H and O–H groups in total. The molecule has 5 nitrogen and oxygen atoms in total. The maximum atomic E-state index is 10.4. The molecular formula is C8H9N3O2S. The molecule has 1 aromatic rings. The summed E-state index contributed by atoms with van der Waals surface area (Å²) in [4.78, 5) is 0. The number of anilines is 1. The SMILES string of the molecule is N#Cc1c(CN)cccc1N[SH](=O)=O. The molecule has 0 atom stereocenters. The Bertz CT molecular complexity index is 440. The molecule has 0 aliphatic rings. The van der Waals surface area contributed by atoms with Crippen LogP contribution in [-0.2, 0) is 17.4 Å². The van der Waals surface area contributed by atoms with Gasteiger partial charge in [0.05, 0.1) is 11.3 Å². The van der Waals surface area contributed by atoms with Gasteiger partial charge < -0.3 is 5.73 Å². The number of hydrogen-bond donors (Lipinski definition) is 3. The predicted octanol–water partition coefficient (Wildman–Crippen LogP) is -0.0447.